The van der Waals surface area contributed by atoms with Gasteiger partial charge in [0, 0.05) is 21.8 Å². The first-order valence-corrected chi connectivity index (χ1v) is 6.84. The van der Waals surface area contributed by atoms with E-state index >= 15 is 0 Å². The topological polar surface area (TPSA) is 69.6 Å². The zero-order chi connectivity index (χ0) is 15.3. The first-order chi connectivity index (χ1) is 9.33. The van der Waals surface area contributed by atoms with Gasteiger partial charge >= 0.3 is 12.0 Å². The van der Waals surface area contributed by atoms with Crippen LogP contribution < -0.4 is 5.32 Å². The predicted molar refractivity (Wildman–Crippen MR) is 79.6 cm³/mol. The van der Waals surface area contributed by atoms with Gasteiger partial charge in [0.2, 0.25) is 0 Å². The van der Waals surface area contributed by atoms with E-state index in [1.807, 2.05) is 6.92 Å². The van der Waals surface area contributed by atoms with Gasteiger partial charge in [-0.3, -0.25) is 4.79 Å². The highest BCUT2D eigenvalue weighted by molar-refractivity contribution is 6.35. The molecule has 0 aliphatic rings. The predicted octanol–water partition coefficient (Wildman–Crippen LogP) is 3.71. The molecule has 7 heteroatoms. The van der Waals surface area contributed by atoms with Gasteiger partial charge in [0.1, 0.15) is 6.54 Å². The molecular formula is C13H16Cl2N2O3. The molecule has 110 valence electrons. The highest BCUT2D eigenvalue weighted by Gasteiger charge is 2.21. The lowest BCUT2D eigenvalue weighted by Crippen LogP contribution is -2.44. The Kier molecular flexibility index (Phi) is 6.10. The summed E-state index contributed by atoms with van der Waals surface area (Å²) in [4.78, 5) is 24.2. The molecule has 0 saturated carbocycles. The Balaban J connectivity index is 2.87. The standard InChI is InChI=1S/C13H16Cl2N2O3/c1-3-8(2)17(7-12(18)19)13(20)16-11-5-9(14)4-10(15)6-11/h4-6,8H,3,7H2,1-2H3,(H,16,20)(H,18,19). The monoisotopic (exact) mass is 318 g/mol. The minimum Gasteiger partial charge on any atom is -0.480 e. The number of carboxylic acids is 1. The number of benzene rings is 1. The summed E-state index contributed by atoms with van der Waals surface area (Å²) in [5.41, 5.74) is 0.422. The molecule has 0 saturated heterocycles. The van der Waals surface area contributed by atoms with Crippen molar-refractivity contribution in [3.8, 4) is 0 Å². The fraction of sp³-hybridized carbons (Fsp3) is 0.385. The van der Waals surface area contributed by atoms with E-state index in [2.05, 4.69) is 5.32 Å². The lowest BCUT2D eigenvalue weighted by molar-refractivity contribution is -0.138. The summed E-state index contributed by atoms with van der Waals surface area (Å²) < 4.78 is 0. The maximum atomic E-state index is 12.1. The Morgan fingerprint density at radius 1 is 1.30 bits per heavy atom. The third kappa shape index (κ3) is 4.90. The SMILES string of the molecule is CCC(C)N(CC(=O)O)C(=O)Nc1cc(Cl)cc(Cl)c1. The van der Waals surface area contributed by atoms with Crippen LogP contribution in [0.3, 0.4) is 0 Å². The third-order valence-electron chi connectivity index (χ3n) is 2.80. The molecule has 1 aromatic carbocycles. The molecule has 1 unspecified atom stereocenters. The number of nitrogens with zero attached hydrogens (tertiary/aromatic N) is 1. The van der Waals surface area contributed by atoms with Gasteiger partial charge in [-0.25, -0.2) is 4.79 Å². The fourth-order valence-electron chi connectivity index (χ4n) is 1.62. The molecule has 0 aromatic heterocycles. The van der Waals surface area contributed by atoms with E-state index in [-0.39, 0.29) is 12.6 Å². The number of hydrogen-bond donors (Lipinski definition) is 2. The summed E-state index contributed by atoms with van der Waals surface area (Å²) in [7, 11) is 0. The van der Waals surface area contributed by atoms with Crippen molar-refractivity contribution in [2.75, 3.05) is 11.9 Å². The van der Waals surface area contributed by atoms with Crippen molar-refractivity contribution in [1.29, 1.82) is 0 Å². The molecule has 1 rings (SSSR count). The zero-order valence-electron chi connectivity index (χ0n) is 11.2. The molecule has 0 fully saturated rings. The van der Waals surface area contributed by atoms with E-state index in [0.29, 0.717) is 22.2 Å². The number of carbonyl (C=O) groups excluding carboxylic acids is 1. The first-order valence-electron chi connectivity index (χ1n) is 6.09. The molecule has 0 bridgehead atoms. The van der Waals surface area contributed by atoms with Gasteiger partial charge in [-0.05, 0) is 31.5 Å². The first kappa shape index (κ1) is 16.6. The number of urea groups is 1. The van der Waals surface area contributed by atoms with Crippen molar-refractivity contribution in [2.45, 2.75) is 26.3 Å². The van der Waals surface area contributed by atoms with Gasteiger partial charge in [0.05, 0.1) is 0 Å². The van der Waals surface area contributed by atoms with E-state index in [1.54, 1.807) is 25.1 Å². The molecule has 2 N–H and O–H groups in total. The second-order valence-corrected chi connectivity index (χ2v) is 5.24. The molecule has 0 radical (unpaired) electrons. The van der Waals surface area contributed by atoms with Gasteiger partial charge in [0.25, 0.3) is 0 Å². The van der Waals surface area contributed by atoms with Crippen LogP contribution in [0.4, 0.5) is 10.5 Å². The van der Waals surface area contributed by atoms with Crippen LogP contribution in [0.5, 0.6) is 0 Å². The molecule has 0 heterocycles. The second kappa shape index (κ2) is 7.36. The van der Waals surface area contributed by atoms with Crippen molar-refractivity contribution in [3.63, 3.8) is 0 Å². The average molecular weight is 319 g/mol. The van der Waals surface area contributed by atoms with Gasteiger partial charge in [0.15, 0.2) is 0 Å². The number of amides is 2. The van der Waals surface area contributed by atoms with Gasteiger partial charge in [-0.1, -0.05) is 30.1 Å². The largest absolute Gasteiger partial charge is 0.480 e. The summed E-state index contributed by atoms with van der Waals surface area (Å²) >= 11 is 11.7. The molecule has 0 spiro atoms. The molecular weight excluding hydrogens is 303 g/mol. The summed E-state index contributed by atoms with van der Waals surface area (Å²) in [6.07, 6.45) is 0.650. The fourth-order valence-corrected chi connectivity index (χ4v) is 2.14. The Bertz CT molecular complexity index is 488. The Labute approximate surface area is 127 Å². The second-order valence-electron chi connectivity index (χ2n) is 4.37. The van der Waals surface area contributed by atoms with E-state index in [0.717, 1.165) is 0 Å². The van der Waals surface area contributed by atoms with E-state index in [9.17, 15) is 9.59 Å². The Hall–Kier alpha value is -1.46. The zero-order valence-corrected chi connectivity index (χ0v) is 12.7. The lowest BCUT2D eigenvalue weighted by atomic mass is 10.2. The molecule has 1 aromatic rings. The molecule has 1 atom stereocenters. The van der Waals surface area contributed by atoms with Gasteiger partial charge in [-0.15, -0.1) is 0 Å². The minimum atomic E-state index is -1.07. The van der Waals surface area contributed by atoms with Crippen molar-refractivity contribution >= 4 is 40.9 Å². The smallest absolute Gasteiger partial charge is 0.323 e. The van der Waals surface area contributed by atoms with E-state index in [4.69, 9.17) is 28.3 Å². The lowest BCUT2D eigenvalue weighted by Gasteiger charge is -2.27. The van der Waals surface area contributed by atoms with Crippen molar-refractivity contribution in [3.05, 3.63) is 28.2 Å². The quantitative estimate of drug-likeness (QED) is 0.869. The van der Waals surface area contributed by atoms with Crippen LogP contribution in [-0.2, 0) is 4.79 Å². The highest BCUT2D eigenvalue weighted by atomic mass is 35.5. The maximum absolute atomic E-state index is 12.1. The van der Waals surface area contributed by atoms with Crippen LogP contribution in [-0.4, -0.2) is 34.6 Å². The average Bonchev–Trinajstić information content (AvgIpc) is 2.33. The number of carboxylic acid groups (broad SMARTS) is 1. The van der Waals surface area contributed by atoms with Crippen molar-refractivity contribution in [2.24, 2.45) is 0 Å². The number of anilines is 1. The normalized spacial score (nSPS) is 11.8. The Morgan fingerprint density at radius 3 is 2.30 bits per heavy atom. The molecule has 0 aliphatic carbocycles. The molecule has 5 nitrogen and oxygen atoms in total. The van der Waals surface area contributed by atoms with Crippen molar-refractivity contribution in [1.82, 2.24) is 4.90 Å². The maximum Gasteiger partial charge on any atom is 0.323 e. The van der Waals surface area contributed by atoms with Crippen LogP contribution in [0.15, 0.2) is 18.2 Å². The summed E-state index contributed by atoms with van der Waals surface area (Å²) in [5, 5.41) is 12.2. The van der Waals surface area contributed by atoms with Crippen molar-refractivity contribution < 1.29 is 14.7 Å². The van der Waals surface area contributed by atoms with Gasteiger partial charge in [-0.2, -0.15) is 0 Å². The highest BCUT2D eigenvalue weighted by Crippen LogP contribution is 2.23. The van der Waals surface area contributed by atoms with Crippen LogP contribution in [0.1, 0.15) is 20.3 Å². The number of hydrogen-bond acceptors (Lipinski definition) is 2. The molecule has 20 heavy (non-hydrogen) atoms. The number of carbonyl (C=O) groups is 2. The molecule has 2 amide bonds. The minimum absolute atomic E-state index is 0.194. The summed E-state index contributed by atoms with van der Waals surface area (Å²) in [5.74, 6) is -1.07. The Morgan fingerprint density at radius 2 is 1.85 bits per heavy atom. The van der Waals surface area contributed by atoms with Crippen LogP contribution >= 0.6 is 23.2 Å². The van der Waals surface area contributed by atoms with Crippen LogP contribution in [0.2, 0.25) is 10.0 Å². The van der Waals surface area contributed by atoms with Crippen LogP contribution in [0, 0.1) is 0 Å². The van der Waals surface area contributed by atoms with E-state index < -0.39 is 12.0 Å². The summed E-state index contributed by atoms with van der Waals surface area (Å²) in [6.45, 7) is 3.30. The number of aliphatic carboxylic acids is 1. The summed E-state index contributed by atoms with van der Waals surface area (Å²) in [6, 6.07) is 3.94. The van der Waals surface area contributed by atoms with Crippen LogP contribution in [0.25, 0.3) is 0 Å². The third-order valence-corrected chi connectivity index (χ3v) is 3.24. The number of rotatable bonds is 5. The van der Waals surface area contributed by atoms with Gasteiger partial charge < -0.3 is 15.3 Å². The number of halogens is 2. The number of nitrogens with one attached hydrogen (secondary N) is 1. The molecule has 0 aliphatic heterocycles. The van der Waals surface area contributed by atoms with E-state index in [1.165, 1.54) is 4.90 Å².